The van der Waals surface area contributed by atoms with Crippen molar-refractivity contribution in [3.63, 3.8) is 0 Å². The van der Waals surface area contributed by atoms with Crippen molar-refractivity contribution in [2.75, 3.05) is 26.3 Å². The van der Waals surface area contributed by atoms with E-state index in [0.717, 1.165) is 51.6 Å². The first-order valence-corrected chi connectivity index (χ1v) is 9.91. The molecule has 0 aromatic carbocycles. The van der Waals surface area contributed by atoms with Crippen molar-refractivity contribution in [3.05, 3.63) is 0 Å². The minimum absolute atomic E-state index is 0.0898. The Bertz CT molecular complexity index is 418. The molecule has 3 aliphatic rings. The summed E-state index contributed by atoms with van der Waals surface area (Å²) in [6.07, 6.45) is 10.7. The highest BCUT2D eigenvalue weighted by Crippen LogP contribution is 2.24. The quantitative estimate of drug-likeness (QED) is 0.806. The van der Waals surface area contributed by atoms with Gasteiger partial charge in [0.05, 0.1) is 0 Å². The van der Waals surface area contributed by atoms with Gasteiger partial charge in [-0.2, -0.15) is 0 Å². The van der Waals surface area contributed by atoms with Crippen LogP contribution in [0.2, 0.25) is 0 Å². The molecule has 2 aliphatic heterocycles. The zero-order chi connectivity index (χ0) is 16.8. The van der Waals surface area contributed by atoms with Crippen molar-refractivity contribution in [1.82, 2.24) is 10.2 Å². The molecule has 3 fully saturated rings. The van der Waals surface area contributed by atoms with Crippen molar-refractivity contribution in [1.29, 1.82) is 0 Å². The number of carbonyl (C=O) groups excluding carboxylic acids is 2. The lowest BCUT2D eigenvalue weighted by Crippen LogP contribution is -2.47. The molecule has 1 N–H and O–H groups in total. The summed E-state index contributed by atoms with van der Waals surface area (Å²) >= 11 is 0. The van der Waals surface area contributed by atoms with E-state index >= 15 is 0 Å². The standard InChI is InChI=1S/C19H32N2O3/c22-18(20-17-5-3-1-2-4-6-17)15-7-11-21(12-8-15)19(23)16-9-13-24-14-10-16/h15-17H,1-14H2,(H,20,22). The molecule has 0 atom stereocenters. The molecule has 136 valence electrons. The maximum Gasteiger partial charge on any atom is 0.225 e. The van der Waals surface area contributed by atoms with Gasteiger partial charge in [-0.25, -0.2) is 0 Å². The van der Waals surface area contributed by atoms with E-state index in [0.29, 0.717) is 19.3 Å². The first kappa shape index (κ1) is 17.7. The number of nitrogens with zero attached hydrogens (tertiary/aromatic N) is 1. The summed E-state index contributed by atoms with van der Waals surface area (Å²) in [4.78, 5) is 27.1. The van der Waals surface area contributed by atoms with E-state index in [1.165, 1.54) is 25.7 Å². The van der Waals surface area contributed by atoms with Gasteiger partial charge >= 0.3 is 0 Å². The normalized spacial score (nSPS) is 25.2. The van der Waals surface area contributed by atoms with Crippen molar-refractivity contribution in [2.24, 2.45) is 11.8 Å². The Morgan fingerprint density at radius 2 is 1.42 bits per heavy atom. The summed E-state index contributed by atoms with van der Waals surface area (Å²) in [7, 11) is 0. The predicted molar refractivity (Wildman–Crippen MR) is 92.5 cm³/mol. The van der Waals surface area contributed by atoms with E-state index in [1.807, 2.05) is 4.90 Å². The van der Waals surface area contributed by atoms with Gasteiger partial charge in [0, 0.05) is 44.2 Å². The molecule has 2 saturated heterocycles. The van der Waals surface area contributed by atoms with Crippen LogP contribution in [0.4, 0.5) is 0 Å². The van der Waals surface area contributed by atoms with Crippen LogP contribution >= 0.6 is 0 Å². The molecule has 24 heavy (non-hydrogen) atoms. The lowest BCUT2D eigenvalue weighted by Gasteiger charge is -2.35. The zero-order valence-electron chi connectivity index (χ0n) is 14.8. The number of likely N-dealkylation sites (tertiary alicyclic amines) is 1. The van der Waals surface area contributed by atoms with Crippen LogP contribution in [0, 0.1) is 11.8 Å². The highest BCUT2D eigenvalue weighted by Gasteiger charge is 2.32. The maximum atomic E-state index is 12.6. The number of carbonyl (C=O) groups is 2. The third-order valence-corrected chi connectivity index (χ3v) is 5.95. The van der Waals surface area contributed by atoms with E-state index in [9.17, 15) is 9.59 Å². The average Bonchev–Trinajstić information content (AvgIpc) is 2.90. The van der Waals surface area contributed by atoms with Crippen LogP contribution in [0.5, 0.6) is 0 Å². The highest BCUT2D eigenvalue weighted by atomic mass is 16.5. The maximum absolute atomic E-state index is 12.6. The molecular formula is C19H32N2O3. The third-order valence-electron chi connectivity index (χ3n) is 5.95. The Labute approximate surface area is 145 Å². The van der Waals surface area contributed by atoms with Crippen molar-refractivity contribution < 1.29 is 14.3 Å². The molecule has 0 aromatic heterocycles. The minimum Gasteiger partial charge on any atom is -0.381 e. The number of amides is 2. The molecule has 0 bridgehead atoms. The van der Waals surface area contributed by atoms with Crippen LogP contribution in [0.1, 0.15) is 64.2 Å². The monoisotopic (exact) mass is 336 g/mol. The second kappa shape index (κ2) is 8.84. The van der Waals surface area contributed by atoms with Crippen LogP contribution in [0.3, 0.4) is 0 Å². The third kappa shape index (κ3) is 4.71. The molecule has 2 amide bonds. The summed E-state index contributed by atoms with van der Waals surface area (Å²) in [5, 5.41) is 3.28. The fraction of sp³-hybridized carbons (Fsp3) is 0.895. The summed E-state index contributed by atoms with van der Waals surface area (Å²) in [5.74, 6) is 0.725. The van der Waals surface area contributed by atoms with Gasteiger partial charge in [0.1, 0.15) is 0 Å². The van der Waals surface area contributed by atoms with Crippen molar-refractivity contribution in [3.8, 4) is 0 Å². The number of ether oxygens (including phenoxy) is 1. The Hall–Kier alpha value is -1.10. The van der Waals surface area contributed by atoms with Gasteiger partial charge in [0.15, 0.2) is 0 Å². The first-order chi connectivity index (χ1) is 11.7. The number of piperidine rings is 1. The lowest BCUT2D eigenvalue weighted by atomic mass is 9.92. The van der Waals surface area contributed by atoms with Crippen LogP contribution in [-0.4, -0.2) is 49.1 Å². The van der Waals surface area contributed by atoms with Crippen molar-refractivity contribution >= 4 is 11.8 Å². The largest absolute Gasteiger partial charge is 0.381 e. The van der Waals surface area contributed by atoms with E-state index in [2.05, 4.69) is 5.32 Å². The molecule has 1 aliphatic carbocycles. The molecule has 3 rings (SSSR count). The van der Waals surface area contributed by atoms with Crippen LogP contribution in [-0.2, 0) is 14.3 Å². The SMILES string of the molecule is O=C(NC1CCCCCC1)C1CCN(C(=O)C2CCOCC2)CC1. The molecule has 1 saturated carbocycles. The summed E-state index contributed by atoms with van der Waals surface area (Å²) in [6.45, 7) is 2.88. The number of rotatable bonds is 3. The van der Waals surface area contributed by atoms with Gasteiger partial charge in [-0.3, -0.25) is 9.59 Å². The van der Waals surface area contributed by atoms with Crippen LogP contribution in [0.25, 0.3) is 0 Å². The molecule has 2 heterocycles. The van der Waals surface area contributed by atoms with E-state index in [1.54, 1.807) is 0 Å². The molecule has 0 spiro atoms. The van der Waals surface area contributed by atoms with E-state index in [-0.39, 0.29) is 23.7 Å². The summed E-state index contributed by atoms with van der Waals surface area (Å²) in [6, 6.07) is 0.377. The minimum atomic E-state index is 0.0898. The first-order valence-electron chi connectivity index (χ1n) is 9.91. The highest BCUT2D eigenvalue weighted by molar-refractivity contribution is 5.81. The number of nitrogens with one attached hydrogen (secondary N) is 1. The van der Waals surface area contributed by atoms with E-state index < -0.39 is 0 Å². The Kier molecular flexibility index (Phi) is 6.52. The average molecular weight is 336 g/mol. The Balaban J connectivity index is 1.42. The van der Waals surface area contributed by atoms with Gasteiger partial charge in [-0.1, -0.05) is 25.7 Å². The van der Waals surface area contributed by atoms with Crippen LogP contribution in [0.15, 0.2) is 0 Å². The zero-order valence-corrected chi connectivity index (χ0v) is 14.8. The van der Waals surface area contributed by atoms with Gasteiger partial charge in [0.2, 0.25) is 11.8 Å². The van der Waals surface area contributed by atoms with Gasteiger partial charge in [-0.15, -0.1) is 0 Å². The van der Waals surface area contributed by atoms with Gasteiger partial charge in [-0.05, 0) is 38.5 Å². The Morgan fingerprint density at radius 3 is 2.04 bits per heavy atom. The number of hydrogen-bond acceptors (Lipinski definition) is 3. The fourth-order valence-corrected chi connectivity index (χ4v) is 4.31. The summed E-state index contributed by atoms with van der Waals surface area (Å²) < 4.78 is 5.34. The fourth-order valence-electron chi connectivity index (χ4n) is 4.31. The van der Waals surface area contributed by atoms with Gasteiger partial charge in [0.25, 0.3) is 0 Å². The molecule has 0 unspecified atom stereocenters. The van der Waals surface area contributed by atoms with E-state index in [4.69, 9.17) is 4.74 Å². The number of hydrogen-bond donors (Lipinski definition) is 1. The molecule has 0 radical (unpaired) electrons. The second-order valence-electron chi connectivity index (χ2n) is 7.68. The predicted octanol–water partition coefficient (Wildman–Crippen LogP) is 2.49. The topological polar surface area (TPSA) is 58.6 Å². The Morgan fingerprint density at radius 1 is 0.792 bits per heavy atom. The smallest absolute Gasteiger partial charge is 0.225 e. The molecule has 5 nitrogen and oxygen atoms in total. The molecule has 0 aromatic rings. The molecular weight excluding hydrogens is 304 g/mol. The second-order valence-corrected chi connectivity index (χ2v) is 7.68. The summed E-state index contributed by atoms with van der Waals surface area (Å²) in [5.41, 5.74) is 0. The lowest BCUT2D eigenvalue weighted by molar-refractivity contribution is -0.141. The van der Waals surface area contributed by atoms with Crippen molar-refractivity contribution in [2.45, 2.75) is 70.3 Å². The van der Waals surface area contributed by atoms with Gasteiger partial charge < -0.3 is 15.0 Å². The van der Waals surface area contributed by atoms with Crippen LogP contribution < -0.4 is 5.32 Å². The molecule has 5 heteroatoms.